The van der Waals surface area contributed by atoms with E-state index in [0.29, 0.717) is 27.8 Å². The zero-order chi connectivity index (χ0) is 25.5. The molecule has 0 saturated heterocycles. The summed E-state index contributed by atoms with van der Waals surface area (Å²) in [6.07, 6.45) is 0.419. The van der Waals surface area contributed by atoms with Crippen molar-refractivity contribution in [2.75, 3.05) is 5.75 Å². The highest BCUT2D eigenvalue weighted by Crippen LogP contribution is 2.28. The molecule has 0 saturated carbocycles. The second-order valence-electron chi connectivity index (χ2n) is 8.80. The van der Waals surface area contributed by atoms with E-state index in [1.165, 1.54) is 28.8 Å². The van der Waals surface area contributed by atoms with Gasteiger partial charge >= 0.3 is 0 Å². The summed E-state index contributed by atoms with van der Waals surface area (Å²) in [5.74, 6) is 0.152. The average Bonchev–Trinajstić information content (AvgIpc) is 2.74. The van der Waals surface area contributed by atoms with E-state index in [2.05, 4.69) is 5.32 Å². The van der Waals surface area contributed by atoms with Gasteiger partial charge in [-0.05, 0) is 44.9 Å². The number of hydrogen-bond donors (Lipinski definition) is 1. The fourth-order valence-electron chi connectivity index (χ4n) is 3.28. The molecule has 0 aromatic heterocycles. The first-order valence-corrected chi connectivity index (χ1v) is 12.7. The van der Waals surface area contributed by atoms with E-state index in [1.807, 2.05) is 27.7 Å². The molecule has 0 aliphatic heterocycles. The molecule has 2 rings (SSSR count). The van der Waals surface area contributed by atoms with Crippen molar-refractivity contribution in [2.24, 2.45) is 0 Å². The third kappa shape index (κ3) is 8.18. The minimum atomic E-state index is -0.695. The molecule has 0 radical (unpaired) electrons. The predicted octanol–water partition coefficient (Wildman–Crippen LogP) is 5.86. The molecule has 0 aliphatic carbocycles. The van der Waals surface area contributed by atoms with E-state index in [-0.39, 0.29) is 29.8 Å². The van der Waals surface area contributed by atoms with Crippen molar-refractivity contribution in [1.29, 1.82) is 0 Å². The van der Waals surface area contributed by atoms with Gasteiger partial charge in [0, 0.05) is 45.6 Å². The van der Waals surface area contributed by atoms with Gasteiger partial charge in [-0.25, -0.2) is 0 Å². The Kier molecular flexibility index (Phi) is 10.2. The van der Waals surface area contributed by atoms with Gasteiger partial charge in [-0.1, -0.05) is 48.3 Å². The van der Waals surface area contributed by atoms with Gasteiger partial charge in [0.25, 0.3) is 5.69 Å². The standard InChI is InChI=1S/C24H29Cl2N3O4S/c1-5-21(23(31)27-24(2,3)4)28(13-18-19(25)7-6-8-20(18)26)22(30)15-34-14-16-9-11-17(12-10-16)29(32)33/h6-12,21H,5,13-15H2,1-4H3,(H,27,31). The Bertz CT molecular complexity index is 1010. The summed E-state index contributed by atoms with van der Waals surface area (Å²) in [5, 5.41) is 14.6. The Hall–Kier alpha value is -2.29. The number of nitro groups is 1. The van der Waals surface area contributed by atoms with Crippen LogP contribution in [-0.2, 0) is 21.9 Å². The predicted molar refractivity (Wildman–Crippen MR) is 138 cm³/mol. The highest BCUT2D eigenvalue weighted by atomic mass is 35.5. The van der Waals surface area contributed by atoms with Gasteiger partial charge in [0.15, 0.2) is 0 Å². The van der Waals surface area contributed by atoms with Gasteiger partial charge in [0.1, 0.15) is 6.04 Å². The molecule has 0 heterocycles. The van der Waals surface area contributed by atoms with Crippen LogP contribution >= 0.6 is 35.0 Å². The van der Waals surface area contributed by atoms with E-state index in [4.69, 9.17) is 23.2 Å². The number of amides is 2. The first-order valence-electron chi connectivity index (χ1n) is 10.8. The molecule has 2 aromatic carbocycles. The van der Waals surface area contributed by atoms with Gasteiger partial charge in [-0.15, -0.1) is 11.8 Å². The zero-order valence-corrected chi connectivity index (χ0v) is 22.0. The molecule has 0 bridgehead atoms. The van der Waals surface area contributed by atoms with E-state index >= 15 is 0 Å². The van der Waals surface area contributed by atoms with Crippen LogP contribution in [0.1, 0.15) is 45.2 Å². The lowest BCUT2D eigenvalue weighted by atomic mass is 10.1. The number of hydrogen-bond acceptors (Lipinski definition) is 5. The average molecular weight is 526 g/mol. The maximum Gasteiger partial charge on any atom is 0.269 e. The molecule has 1 unspecified atom stereocenters. The number of nitrogens with zero attached hydrogens (tertiary/aromatic N) is 2. The van der Waals surface area contributed by atoms with Crippen molar-refractivity contribution >= 4 is 52.5 Å². The minimum Gasteiger partial charge on any atom is -0.350 e. The molecule has 0 aliphatic rings. The molecule has 1 atom stereocenters. The third-order valence-electron chi connectivity index (χ3n) is 4.92. The number of benzene rings is 2. The lowest BCUT2D eigenvalue weighted by molar-refractivity contribution is -0.384. The van der Waals surface area contributed by atoms with E-state index in [1.54, 1.807) is 30.3 Å². The smallest absolute Gasteiger partial charge is 0.269 e. The Morgan fingerprint density at radius 3 is 2.21 bits per heavy atom. The highest BCUT2D eigenvalue weighted by molar-refractivity contribution is 7.99. The summed E-state index contributed by atoms with van der Waals surface area (Å²) in [6, 6.07) is 10.6. The van der Waals surface area contributed by atoms with Gasteiger partial charge in [-0.2, -0.15) is 0 Å². The lowest BCUT2D eigenvalue weighted by Crippen LogP contribution is -2.53. The number of carbonyl (C=O) groups excluding carboxylic acids is 2. The van der Waals surface area contributed by atoms with Gasteiger partial charge in [0.05, 0.1) is 10.7 Å². The molecule has 184 valence electrons. The van der Waals surface area contributed by atoms with E-state index < -0.39 is 16.5 Å². The topological polar surface area (TPSA) is 92.6 Å². The Labute approximate surface area is 214 Å². The minimum absolute atomic E-state index is 0.0169. The molecular formula is C24H29Cl2N3O4S. The molecule has 34 heavy (non-hydrogen) atoms. The molecule has 0 fully saturated rings. The second-order valence-corrected chi connectivity index (χ2v) is 10.6. The van der Waals surface area contributed by atoms with Gasteiger partial charge < -0.3 is 10.2 Å². The summed E-state index contributed by atoms with van der Waals surface area (Å²) >= 11 is 14.1. The maximum absolute atomic E-state index is 13.3. The number of thioether (sulfide) groups is 1. The fourth-order valence-corrected chi connectivity index (χ4v) is 4.67. The molecule has 2 aromatic rings. The number of halogens is 2. The molecule has 0 spiro atoms. The highest BCUT2D eigenvalue weighted by Gasteiger charge is 2.31. The van der Waals surface area contributed by atoms with Crippen molar-refractivity contribution in [2.45, 2.75) is 58.0 Å². The van der Waals surface area contributed by atoms with E-state index in [9.17, 15) is 19.7 Å². The van der Waals surface area contributed by atoms with Crippen LogP contribution in [0.25, 0.3) is 0 Å². The third-order valence-corrected chi connectivity index (χ3v) is 6.61. The van der Waals surface area contributed by atoms with Crippen LogP contribution in [0.15, 0.2) is 42.5 Å². The Morgan fingerprint density at radius 2 is 1.71 bits per heavy atom. The summed E-state index contributed by atoms with van der Waals surface area (Å²) < 4.78 is 0. The van der Waals surface area contributed by atoms with Crippen molar-refractivity contribution in [3.63, 3.8) is 0 Å². The monoisotopic (exact) mass is 525 g/mol. The normalized spacial score (nSPS) is 12.2. The summed E-state index contributed by atoms with van der Waals surface area (Å²) in [7, 11) is 0. The quantitative estimate of drug-likeness (QED) is 0.309. The van der Waals surface area contributed by atoms with Crippen LogP contribution in [0.3, 0.4) is 0 Å². The van der Waals surface area contributed by atoms with Gasteiger partial charge in [-0.3, -0.25) is 19.7 Å². The summed E-state index contributed by atoms with van der Waals surface area (Å²) in [4.78, 5) is 38.3. The van der Waals surface area contributed by atoms with Crippen molar-refractivity contribution in [1.82, 2.24) is 10.2 Å². The summed E-state index contributed by atoms with van der Waals surface area (Å²) in [6.45, 7) is 7.61. The van der Waals surface area contributed by atoms with Crippen LogP contribution in [0, 0.1) is 10.1 Å². The SMILES string of the molecule is CCC(C(=O)NC(C)(C)C)N(Cc1c(Cl)cccc1Cl)C(=O)CSCc1ccc([N+](=O)[O-])cc1. The largest absolute Gasteiger partial charge is 0.350 e. The first kappa shape index (κ1) is 28.0. The molecule has 10 heteroatoms. The van der Waals surface area contributed by atoms with E-state index in [0.717, 1.165) is 5.56 Å². The molecule has 7 nitrogen and oxygen atoms in total. The summed E-state index contributed by atoms with van der Waals surface area (Å²) in [5.41, 5.74) is 1.01. The first-order chi connectivity index (χ1) is 15.9. The number of nitrogens with one attached hydrogen (secondary N) is 1. The van der Waals surface area contributed by atoms with Crippen LogP contribution in [0.4, 0.5) is 5.69 Å². The van der Waals surface area contributed by atoms with Gasteiger partial charge in [0.2, 0.25) is 11.8 Å². The van der Waals surface area contributed by atoms with Crippen molar-refractivity contribution in [3.8, 4) is 0 Å². The Balaban J connectivity index is 2.20. The second kappa shape index (κ2) is 12.4. The number of non-ortho nitro benzene ring substituents is 1. The van der Waals surface area contributed by atoms with Crippen LogP contribution < -0.4 is 5.32 Å². The van der Waals surface area contributed by atoms with Crippen LogP contribution in [-0.4, -0.2) is 39.0 Å². The van der Waals surface area contributed by atoms with Crippen LogP contribution in [0.2, 0.25) is 10.0 Å². The lowest BCUT2D eigenvalue weighted by Gasteiger charge is -2.33. The van der Waals surface area contributed by atoms with Crippen molar-refractivity contribution in [3.05, 3.63) is 73.8 Å². The zero-order valence-electron chi connectivity index (χ0n) is 19.6. The molecular weight excluding hydrogens is 497 g/mol. The fraction of sp³-hybridized carbons (Fsp3) is 0.417. The molecule has 1 N–H and O–H groups in total. The Morgan fingerprint density at radius 1 is 1.12 bits per heavy atom. The molecule has 2 amide bonds. The number of rotatable bonds is 10. The van der Waals surface area contributed by atoms with Crippen molar-refractivity contribution < 1.29 is 14.5 Å². The maximum atomic E-state index is 13.3. The number of nitro benzene ring substituents is 1. The number of carbonyl (C=O) groups is 2. The van der Waals surface area contributed by atoms with Crippen LogP contribution in [0.5, 0.6) is 0 Å².